The highest BCUT2D eigenvalue weighted by Crippen LogP contribution is 2.33. The van der Waals surface area contributed by atoms with E-state index in [0.717, 1.165) is 4.90 Å². The van der Waals surface area contributed by atoms with E-state index in [1.54, 1.807) is 5.32 Å². The number of hydrogen-bond donors (Lipinski definition) is 3. The molecule has 1 aromatic carbocycles. The topological polar surface area (TPSA) is 179 Å². The van der Waals surface area contributed by atoms with Crippen molar-refractivity contribution in [3.63, 3.8) is 0 Å². The third-order valence-corrected chi connectivity index (χ3v) is 6.33. The molecule has 0 saturated carbocycles. The molecule has 0 spiro atoms. The summed E-state index contributed by atoms with van der Waals surface area (Å²) in [5, 5.41) is 6.52. The average molecular weight is 631 g/mol. The summed E-state index contributed by atoms with van der Waals surface area (Å²) < 4.78 is 57.5. The van der Waals surface area contributed by atoms with Crippen molar-refractivity contribution in [2.45, 2.75) is 37.9 Å². The quantitative estimate of drug-likeness (QED) is 0.149. The summed E-state index contributed by atoms with van der Waals surface area (Å²) in [7, 11) is 0. The fourth-order valence-electron chi connectivity index (χ4n) is 4.22. The summed E-state index contributed by atoms with van der Waals surface area (Å²) in [6, 6.07) is 3.24. The number of carbonyl (C=O) groups is 6. The Morgan fingerprint density at radius 2 is 1.50 bits per heavy atom. The minimum atomic E-state index is -4.90. The second-order valence-electron chi connectivity index (χ2n) is 9.56. The van der Waals surface area contributed by atoms with Gasteiger partial charge >= 0.3 is 12.1 Å². The van der Waals surface area contributed by atoms with Gasteiger partial charge in [-0.25, -0.2) is 0 Å². The van der Waals surface area contributed by atoms with Crippen molar-refractivity contribution in [1.29, 1.82) is 0 Å². The zero-order chi connectivity index (χ0) is 32.1. The Morgan fingerprint density at radius 3 is 2.11 bits per heavy atom. The Balaban J connectivity index is 1.22. The molecule has 2 aliphatic rings. The number of fused-ring (bicyclic) bond motifs is 1. The summed E-state index contributed by atoms with van der Waals surface area (Å²) >= 11 is 0. The van der Waals surface area contributed by atoms with Gasteiger partial charge in [0.15, 0.2) is 6.61 Å². The van der Waals surface area contributed by atoms with E-state index in [2.05, 4.69) is 10.6 Å². The van der Waals surface area contributed by atoms with Gasteiger partial charge in [-0.1, -0.05) is 6.07 Å². The van der Waals surface area contributed by atoms with Gasteiger partial charge in [0.05, 0.1) is 37.6 Å². The smallest absolute Gasteiger partial charge is 0.471 e. The number of imide groups is 2. The van der Waals surface area contributed by atoms with Gasteiger partial charge in [-0.3, -0.25) is 39.0 Å². The largest absolute Gasteiger partial charge is 0.483 e. The van der Waals surface area contributed by atoms with Crippen LogP contribution in [0.3, 0.4) is 0 Å². The van der Waals surface area contributed by atoms with E-state index in [0.29, 0.717) is 19.6 Å². The molecular weight excluding hydrogens is 597 g/mol. The summed E-state index contributed by atoms with van der Waals surface area (Å²) in [6.07, 6.45) is -4.16. The van der Waals surface area contributed by atoms with Crippen LogP contribution in [0.15, 0.2) is 18.2 Å². The van der Waals surface area contributed by atoms with Crippen LogP contribution in [0.1, 0.15) is 46.4 Å². The second-order valence-corrected chi connectivity index (χ2v) is 9.56. The van der Waals surface area contributed by atoms with E-state index in [1.807, 2.05) is 0 Å². The van der Waals surface area contributed by atoms with Crippen LogP contribution in [-0.2, 0) is 33.4 Å². The minimum Gasteiger partial charge on any atom is -0.483 e. The molecule has 1 aromatic rings. The first-order chi connectivity index (χ1) is 21.0. The molecule has 17 heteroatoms. The lowest BCUT2D eigenvalue weighted by Gasteiger charge is -2.27. The van der Waals surface area contributed by atoms with Gasteiger partial charge in [0, 0.05) is 32.7 Å². The lowest BCUT2D eigenvalue weighted by atomic mass is 10.0. The number of benzene rings is 1. The van der Waals surface area contributed by atoms with Gasteiger partial charge in [0.2, 0.25) is 11.8 Å². The fraction of sp³-hybridized carbons (Fsp3) is 0.556. The van der Waals surface area contributed by atoms with Crippen LogP contribution >= 0.6 is 0 Å². The molecule has 0 bridgehead atoms. The number of rotatable bonds is 18. The average Bonchev–Trinajstić information content (AvgIpc) is 3.23. The van der Waals surface area contributed by atoms with Crippen molar-refractivity contribution >= 4 is 35.4 Å². The lowest BCUT2D eigenvalue weighted by molar-refractivity contribution is -0.173. The van der Waals surface area contributed by atoms with Crippen molar-refractivity contribution in [1.82, 2.24) is 20.9 Å². The molecule has 0 radical (unpaired) electrons. The maximum absolute atomic E-state index is 13.1. The summed E-state index contributed by atoms with van der Waals surface area (Å²) in [5.74, 6) is -5.04. The molecule has 44 heavy (non-hydrogen) atoms. The standard InChI is InChI=1S/C27H33F3N4O10/c28-27(29,30)26(40)32-9-3-11-42-13-15-43-14-12-41-10-2-8-31-21(36)16-44-19-5-1-4-17-22(19)25(39)34(24(17)38)18-6-7-20(35)33-23(18)37/h1,4-5,18H,2-3,6-16H2,(H,31,36)(H,32,40)(H,33,35,37). The molecule has 3 rings (SSSR count). The number of hydrogen-bond acceptors (Lipinski definition) is 10. The van der Waals surface area contributed by atoms with Crippen LogP contribution in [0, 0.1) is 0 Å². The van der Waals surface area contributed by atoms with Gasteiger partial charge in [-0.15, -0.1) is 0 Å². The zero-order valence-corrected chi connectivity index (χ0v) is 23.7. The highest BCUT2D eigenvalue weighted by atomic mass is 19.4. The molecule has 1 fully saturated rings. The van der Waals surface area contributed by atoms with Crippen molar-refractivity contribution in [2.75, 3.05) is 59.3 Å². The lowest BCUT2D eigenvalue weighted by Crippen LogP contribution is -2.54. The van der Waals surface area contributed by atoms with Gasteiger partial charge in [-0.05, 0) is 31.4 Å². The van der Waals surface area contributed by atoms with E-state index in [9.17, 15) is 41.9 Å². The van der Waals surface area contributed by atoms with Gasteiger partial charge in [0.25, 0.3) is 17.7 Å². The van der Waals surface area contributed by atoms with Crippen LogP contribution in [0.5, 0.6) is 5.75 Å². The monoisotopic (exact) mass is 630 g/mol. The maximum Gasteiger partial charge on any atom is 0.471 e. The highest BCUT2D eigenvalue weighted by molar-refractivity contribution is 6.24. The molecule has 14 nitrogen and oxygen atoms in total. The van der Waals surface area contributed by atoms with E-state index in [1.165, 1.54) is 18.2 Å². The van der Waals surface area contributed by atoms with Gasteiger partial charge in [-0.2, -0.15) is 13.2 Å². The molecule has 2 heterocycles. The van der Waals surface area contributed by atoms with E-state index in [-0.39, 0.29) is 75.7 Å². The van der Waals surface area contributed by atoms with E-state index >= 15 is 0 Å². The normalized spacial score (nSPS) is 16.5. The van der Waals surface area contributed by atoms with Gasteiger partial charge in [0.1, 0.15) is 11.8 Å². The maximum atomic E-state index is 13.1. The number of carbonyl (C=O) groups excluding carboxylic acids is 6. The molecule has 0 aromatic heterocycles. The summed E-state index contributed by atoms with van der Waals surface area (Å²) in [4.78, 5) is 73.3. The molecular formula is C27H33F3N4O10. The van der Waals surface area contributed by atoms with Crippen LogP contribution in [0.4, 0.5) is 13.2 Å². The second kappa shape index (κ2) is 16.7. The first-order valence-corrected chi connectivity index (χ1v) is 13.8. The Morgan fingerprint density at radius 1 is 0.886 bits per heavy atom. The van der Waals surface area contributed by atoms with Gasteiger partial charge < -0.3 is 29.6 Å². The van der Waals surface area contributed by atoms with Crippen molar-refractivity contribution < 1.29 is 60.9 Å². The molecule has 1 atom stereocenters. The Bertz CT molecular complexity index is 1230. The summed E-state index contributed by atoms with van der Waals surface area (Å²) in [5.41, 5.74) is -0.00658. The fourth-order valence-corrected chi connectivity index (χ4v) is 4.22. The Hall–Kier alpha value is -4.09. The molecule has 6 amide bonds. The number of amides is 6. The molecule has 242 valence electrons. The van der Waals surface area contributed by atoms with E-state index < -0.39 is 54.3 Å². The number of nitrogens with zero attached hydrogens (tertiary/aromatic N) is 1. The van der Waals surface area contributed by atoms with Crippen LogP contribution < -0.4 is 20.7 Å². The van der Waals surface area contributed by atoms with Crippen molar-refractivity contribution in [3.8, 4) is 5.75 Å². The SMILES string of the molecule is O=C(COc1cccc2c1C(=O)N(C1CCC(=O)NC1=O)C2=O)NCCCOCCOCCOCCCNC(=O)C(F)(F)F. The molecule has 0 aliphatic carbocycles. The first-order valence-electron chi connectivity index (χ1n) is 13.8. The minimum absolute atomic E-state index is 0.00457. The van der Waals surface area contributed by atoms with Crippen molar-refractivity contribution in [2.24, 2.45) is 0 Å². The third-order valence-electron chi connectivity index (χ3n) is 6.33. The molecule has 2 aliphatic heterocycles. The van der Waals surface area contributed by atoms with Crippen molar-refractivity contribution in [3.05, 3.63) is 29.3 Å². The third kappa shape index (κ3) is 9.99. The van der Waals surface area contributed by atoms with E-state index in [4.69, 9.17) is 18.9 Å². The van der Waals surface area contributed by atoms with Crippen LogP contribution in [0.2, 0.25) is 0 Å². The number of nitrogens with one attached hydrogen (secondary N) is 3. The zero-order valence-electron chi connectivity index (χ0n) is 23.7. The number of halogens is 3. The Kier molecular flexibility index (Phi) is 13.0. The first kappa shape index (κ1) is 34.4. The number of alkyl halides is 3. The summed E-state index contributed by atoms with van der Waals surface area (Å²) in [6.45, 7) is 1.29. The molecule has 1 unspecified atom stereocenters. The highest BCUT2D eigenvalue weighted by Gasteiger charge is 2.46. The van der Waals surface area contributed by atoms with Crippen LogP contribution in [0.25, 0.3) is 0 Å². The Labute approximate surface area is 249 Å². The van der Waals surface area contributed by atoms with Crippen LogP contribution in [-0.4, -0.2) is 112 Å². The molecule has 1 saturated heterocycles. The predicted octanol–water partition coefficient (Wildman–Crippen LogP) is 0.0913. The number of ether oxygens (including phenoxy) is 4. The molecule has 3 N–H and O–H groups in total. The number of piperidine rings is 1. The predicted molar refractivity (Wildman–Crippen MR) is 142 cm³/mol.